The predicted octanol–water partition coefficient (Wildman–Crippen LogP) is 2.36. The van der Waals surface area contributed by atoms with Gasteiger partial charge in [-0.1, -0.05) is 13.8 Å². The van der Waals surface area contributed by atoms with Crippen molar-refractivity contribution in [2.45, 2.75) is 20.8 Å². The molecule has 15 heavy (non-hydrogen) atoms. The Balaban J connectivity index is 0.000000921. The molecule has 1 rings (SSSR count). The summed E-state index contributed by atoms with van der Waals surface area (Å²) in [6.07, 6.45) is 1.75. The largest absolute Gasteiger partial charge is 0.491 e. The maximum absolute atomic E-state index is 5.47. The molecule has 0 saturated heterocycles. The number of hydrogen-bond acceptors (Lipinski definition) is 3. The summed E-state index contributed by atoms with van der Waals surface area (Å²) < 4.78 is 5.47. The van der Waals surface area contributed by atoms with Gasteiger partial charge in [0.15, 0.2) is 0 Å². The van der Waals surface area contributed by atoms with Gasteiger partial charge in [0.05, 0.1) is 6.20 Å². The van der Waals surface area contributed by atoms with Crippen LogP contribution in [-0.4, -0.2) is 37.1 Å². The number of pyridine rings is 1. The maximum atomic E-state index is 5.47. The molecular formula is C12H22N2O. The van der Waals surface area contributed by atoms with Crippen molar-refractivity contribution in [3.05, 3.63) is 24.0 Å². The molecule has 0 aliphatic carbocycles. The topological polar surface area (TPSA) is 25.4 Å². The molecule has 0 fully saturated rings. The Bertz CT molecular complexity index is 244. The molecule has 3 nitrogen and oxygen atoms in total. The third-order valence-corrected chi connectivity index (χ3v) is 1.69. The van der Waals surface area contributed by atoms with Crippen molar-refractivity contribution in [3.63, 3.8) is 0 Å². The van der Waals surface area contributed by atoms with Crippen LogP contribution in [0.1, 0.15) is 19.5 Å². The van der Waals surface area contributed by atoms with Gasteiger partial charge in [0.25, 0.3) is 0 Å². The first-order valence-electron chi connectivity index (χ1n) is 5.38. The quantitative estimate of drug-likeness (QED) is 0.763. The highest BCUT2D eigenvalue weighted by molar-refractivity contribution is 5.18. The molecule has 0 bridgehead atoms. The molecule has 0 radical (unpaired) electrons. The van der Waals surface area contributed by atoms with Crippen LogP contribution in [0.15, 0.2) is 18.3 Å². The fourth-order valence-electron chi connectivity index (χ4n) is 0.886. The molecule has 86 valence electrons. The van der Waals surface area contributed by atoms with E-state index in [1.807, 2.05) is 47.0 Å². The summed E-state index contributed by atoms with van der Waals surface area (Å²) in [5.74, 6) is 0.840. The minimum atomic E-state index is 0.706. The highest BCUT2D eigenvalue weighted by atomic mass is 16.5. The lowest BCUT2D eigenvalue weighted by molar-refractivity contribution is 0.260. The van der Waals surface area contributed by atoms with Gasteiger partial charge in [-0.25, -0.2) is 0 Å². The summed E-state index contributed by atoms with van der Waals surface area (Å²) >= 11 is 0. The smallest absolute Gasteiger partial charge is 0.137 e. The Hall–Kier alpha value is -1.09. The fraction of sp³-hybridized carbons (Fsp3) is 0.583. The monoisotopic (exact) mass is 210 g/mol. The summed E-state index contributed by atoms with van der Waals surface area (Å²) in [7, 11) is 4.05. The second kappa shape index (κ2) is 8.24. The molecule has 0 amide bonds. The number of nitrogens with zero attached hydrogens (tertiary/aromatic N) is 2. The summed E-state index contributed by atoms with van der Waals surface area (Å²) in [6, 6.07) is 3.89. The van der Waals surface area contributed by atoms with Gasteiger partial charge in [0.2, 0.25) is 0 Å². The molecule has 0 spiro atoms. The van der Waals surface area contributed by atoms with E-state index in [1.165, 1.54) is 0 Å². The summed E-state index contributed by atoms with van der Waals surface area (Å²) in [5.41, 5.74) is 1.01. The number of likely N-dealkylation sites (N-methyl/N-ethyl adjacent to an activating group) is 1. The van der Waals surface area contributed by atoms with Crippen molar-refractivity contribution in [3.8, 4) is 5.75 Å². The van der Waals surface area contributed by atoms with E-state index < -0.39 is 0 Å². The molecule has 0 N–H and O–H groups in total. The molecule has 1 aromatic rings. The van der Waals surface area contributed by atoms with E-state index in [0.29, 0.717) is 6.61 Å². The van der Waals surface area contributed by atoms with Crippen molar-refractivity contribution in [1.29, 1.82) is 0 Å². The molecule has 0 aromatic carbocycles. The van der Waals surface area contributed by atoms with Crippen LogP contribution in [-0.2, 0) is 0 Å². The summed E-state index contributed by atoms with van der Waals surface area (Å²) in [4.78, 5) is 6.22. The van der Waals surface area contributed by atoms with E-state index in [4.69, 9.17) is 4.74 Å². The van der Waals surface area contributed by atoms with Crippen molar-refractivity contribution >= 4 is 0 Å². The Kier molecular flexibility index (Phi) is 7.64. The van der Waals surface area contributed by atoms with Crippen LogP contribution in [0.3, 0.4) is 0 Å². The van der Waals surface area contributed by atoms with Gasteiger partial charge in [-0.3, -0.25) is 4.98 Å². The van der Waals surface area contributed by atoms with E-state index in [9.17, 15) is 0 Å². The van der Waals surface area contributed by atoms with Gasteiger partial charge in [-0.2, -0.15) is 0 Å². The van der Waals surface area contributed by atoms with Gasteiger partial charge in [0, 0.05) is 12.2 Å². The van der Waals surface area contributed by atoms with E-state index in [0.717, 1.165) is 18.0 Å². The van der Waals surface area contributed by atoms with Crippen LogP contribution in [0.25, 0.3) is 0 Å². The molecule has 0 atom stereocenters. The number of aryl methyl sites for hydroxylation is 1. The average Bonchev–Trinajstić information content (AvgIpc) is 2.23. The highest BCUT2D eigenvalue weighted by Gasteiger charge is 1.94. The molecule has 3 heteroatoms. The van der Waals surface area contributed by atoms with Crippen LogP contribution in [0.4, 0.5) is 0 Å². The fourth-order valence-corrected chi connectivity index (χ4v) is 0.886. The van der Waals surface area contributed by atoms with Crippen molar-refractivity contribution < 1.29 is 4.74 Å². The number of hydrogen-bond donors (Lipinski definition) is 0. The van der Waals surface area contributed by atoms with Gasteiger partial charge >= 0.3 is 0 Å². The van der Waals surface area contributed by atoms with E-state index >= 15 is 0 Å². The standard InChI is InChI=1S/C10H16N2O.C2H6/c1-9-4-5-10(8-11-9)13-7-6-12(2)3;1-2/h4-5,8H,6-7H2,1-3H3;1-2H3. The molecule has 0 unspecified atom stereocenters. The molecule has 0 saturated carbocycles. The number of aromatic nitrogens is 1. The zero-order valence-electron chi connectivity index (χ0n) is 10.4. The molecule has 0 aliphatic heterocycles. The van der Waals surface area contributed by atoms with Crippen LogP contribution in [0, 0.1) is 6.92 Å². The van der Waals surface area contributed by atoms with Gasteiger partial charge in [0.1, 0.15) is 12.4 Å². The second-order valence-electron chi connectivity index (χ2n) is 3.29. The zero-order chi connectivity index (χ0) is 11.7. The van der Waals surface area contributed by atoms with Crippen LogP contribution >= 0.6 is 0 Å². The minimum absolute atomic E-state index is 0.706. The molecule has 0 aliphatic rings. The number of ether oxygens (including phenoxy) is 1. The van der Waals surface area contributed by atoms with Gasteiger partial charge < -0.3 is 9.64 Å². The van der Waals surface area contributed by atoms with E-state index in [2.05, 4.69) is 9.88 Å². The van der Waals surface area contributed by atoms with Crippen LogP contribution in [0.5, 0.6) is 5.75 Å². The Labute approximate surface area is 93.1 Å². The molecule has 1 heterocycles. The minimum Gasteiger partial charge on any atom is -0.491 e. The van der Waals surface area contributed by atoms with Gasteiger partial charge in [-0.15, -0.1) is 0 Å². The predicted molar refractivity (Wildman–Crippen MR) is 64.4 cm³/mol. The third-order valence-electron chi connectivity index (χ3n) is 1.69. The normalized spacial score (nSPS) is 9.47. The van der Waals surface area contributed by atoms with Crippen molar-refractivity contribution in [2.24, 2.45) is 0 Å². The Morgan fingerprint density at radius 3 is 2.40 bits per heavy atom. The highest BCUT2D eigenvalue weighted by Crippen LogP contribution is 2.07. The Morgan fingerprint density at radius 2 is 1.93 bits per heavy atom. The molecule has 1 aromatic heterocycles. The van der Waals surface area contributed by atoms with E-state index in [1.54, 1.807) is 6.20 Å². The lowest BCUT2D eigenvalue weighted by Crippen LogP contribution is -2.19. The maximum Gasteiger partial charge on any atom is 0.137 e. The third kappa shape index (κ3) is 6.91. The van der Waals surface area contributed by atoms with Gasteiger partial charge in [-0.05, 0) is 33.2 Å². The first-order valence-corrected chi connectivity index (χ1v) is 5.38. The average molecular weight is 210 g/mol. The van der Waals surface area contributed by atoms with Crippen LogP contribution < -0.4 is 4.74 Å². The summed E-state index contributed by atoms with van der Waals surface area (Å²) in [6.45, 7) is 7.59. The molecular weight excluding hydrogens is 188 g/mol. The Morgan fingerprint density at radius 1 is 1.27 bits per heavy atom. The first kappa shape index (κ1) is 13.9. The van der Waals surface area contributed by atoms with Crippen LogP contribution in [0.2, 0.25) is 0 Å². The van der Waals surface area contributed by atoms with Crippen molar-refractivity contribution in [1.82, 2.24) is 9.88 Å². The SMILES string of the molecule is CC.Cc1ccc(OCCN(C)C)cn1. The first-order chi connectivity index (χ1) is 7.18. The zero-order valence-corrected chi connectivity index (χ0v) is 10.4. The summed E-state index contributed by atoms with van der Waals surface area (Å²) in [5, 5.41) is 0. The number of rotatable bonds is 4. The van der Waals surface area contributed by atoms with E-state index in [-0.39, 0.29) is 0 Å². The lowest BCUT2D eigenvalue weighted by Gasteiger charge is -2.10. The second-order valence-corrected chi connectivity index (χ2v) is 3.29. The lowest BCUT2D eigenvalue weighted by atomic mass is 10.4. The van der Waals surface area contributed by atoms with Crippen molar-refractivity contribution in [2.75, 3.05) is 27.2 Å².